The van der Waals surface area contributed by atoms with Gasteiger partial charge in [0.2, 0.25) is 0 Å². The van der Waals surface area contributed by atoms with Crippen LogP contribution < -0.4 is 16.0 Å². The summed E-state index contributed by atoms with van der Waals surface area (Å²) in [4.78, 5) is 34.8. The Bertz CT molecular complexity index is 768. The number of urea groups is 1. The zero-order valence-corrected chi connectivity index (χ0v) is 13.8. The molecule has 0 spiro atoms. The lowest BCUT2D eigenvalue weighted by Gasteiger charge is -2.08. The van der Waals surface area contributed by atoms with Crippen molar-refractivity contribution in [3.8, 4) is 0 Å². The Hall–Kier alpha value is -3.42. The lowest BCUT2D eigenvalue weighted by molar-refractivity contribution is -0.147. The van der Waals surface area contributed by atoms with Gasteiger partial charge in [0.1, 0.15) is 5.82 Å². The van der Waals surface area contributed by atoms with Crippen LogP contribution in [-0.2, 0) is 14.3 Å². The summed E-state index contributed by atoms with van der Waals surface area (Å²) in [6.07, 6.45) is -0.0878. The predicted octanol–water partition coefficient (Wildman–Crippen LogP) is 2.52. The first-order valence-electron chi connectivity index (χ1n) is 7.84. The highest BCUT2D eigenvalue weighted by Crippen LogP contribution is 2.08. The van der Waals surface area contributed by atoms with E-state index in [0.29, 0.717) is 5.69 Å². The highest BCUT2D eigenvalue weighted by atomic mass is 19.1. The van der Waals surface area contributed by atoms with Gasteiger partial charge in [0.15, 0.2) is 6.61 Å². The molecule has 3 N–H and O–H groups in total. The average molecular weight is 359 g/mol. The molecular formula is C18H18FN3O4. The van der Waals surface area contributed by atoms with E-state index in [4.69, 9.17) is 4.74 Å². The van der Waals surface area contributed by atoms with E-state index in [9.17, 15) is 18.8 Å². The summed E-state index contributed by atoms with van der Waals surface area (Å²) < 4.78 is 17.8. The number of carbonyl (C=O) groups excluding carboxylic acids is 3. The normalized spacial score (nSPS) is 9.88. The summed E-state index contributed by atoms with van der Waals surface area (Å²) in [6.45, 7) is -0.436. The Morgan fingerprint density at radius 1 is 0.923 bits per heavy atom. The Labute approximate surface area is 149 Å². The fraction of sp³-hybridized carbons (Fsp3) is 0.167. The van der Waals surface area contributed by atoms with Crippen molar-refractivity contribution in [2.75, 3.05) is 23.8 Å². The second-order valence-electron chi connectivity index (χ2n) is 5.22. The number of hydrogen-bond donors (Lipinski definition) is 3. The van der Waals surface area contributed by atoms with Crippen molar-refractivity contribution in [2.45, 2.75) is 6.42 Å². The first kappa shape index (κ1) is 18.9. The highest BCUT2D eigenvalue weighted by molar-refractivity contribution is 5.93. The number of halogens is 1. The molecule has 26 heavy (non-hydrogen) atoms. The van der Waals surface area contributed by atoms with E-state index in [2.05, 4.69) is 16.0 Å². The zero-order valence-electron chi connectivity index (χ0n) is 13.8. The van der Waals surface area contributed by atoms with Crippen molar-refractivity contribution in [3.63, 3.8) is 0 Å². The molecule has 3 amide bonds. The molecule has 0 fully saturated rings. The third-order valence-corrected chi connectivity index (χ3v) is 3.12. The maximum absolute atomic E-state index is 13.0. The lowest BCUT2D eigenvalue weighted by Crippen LogP contribution is -2.31. The quantitative estimate of drug-likeness (QED) is 0.662. The molecule has 0 unspecified atom stereocenters. The van der Waals surface area contributed by atoms with Crippen LogP contribution in [0.5, 0.6) is 0 Å². The summed E-state index contributed by atoms with van der Waals surface area (Å²) in [5.74, 6) is -1.71. The van der Waals surface area contributed by atoms with Crippen LogP contribution in [0.3, 0.4) is 0 Å². The van der Waals surface area contributed by atoms with Crippen LogP contribution >= 0.6 is 0 Å². The number of nitrogens with one attached hydrogen (secondary N) is 3. The Morgan fingerprint density at radius 2 is 1.65 bits per heavy atom. The van der Waals surface area contributed by atoms with Gasteiger partial charge in [-0.3, -0.25) is 9.59 Å². The SMILES string of the molecule is O=C(COC(=O)CCNC(=O)Nc1ccccc1)Nc1cccc(F)c1. The van der Waals surface area contributed by atoms with E-state index in [0.717, 1.165) is 6.07 Å². The fourth-order valence-electron chi connectivity index (χ4n) is 1.96. The molecule has 7 nitrogen and oxygen atoms in total. The molecule has 0 heterocycles. The third kappa shape index (κ3) is 7.00. The minimum atomic E-state index is -0.639. The van der Waals surface area contributed by atoms with Crippen molar-refractivity contribution in [3.05, 3.63) is 60.4 Å². The molecule has 2 rings (SSSR count). The molecule has 0 bridgehead atoms. The van der Waals surface area contributed by atoms with Gasteiger partial charge in [-0.2, -0.15) is 0 Å². The molecule has 136 valence electrons. The maximum atomic E-state index is 13.0. The molecular weight excluding hydrogens is 341 g/mol. The van der Waals surface area contributed by atoms with Crippen LogP contribution in [0.2, 0.25) is 0 Å². The Morgan fingerprint density at radius 3 is 2.38 bits per heavy atom. The van der Waals surface area contributed by atoms with Crippen molar-refractivity contribution in [1.82, 2.24) is 5.32 Å². The topological polar surface area (TPSA) is 96.5 Å². The van der Waals surface area contributed by atoms with Gasteiger partial charge in [0.25, 0.3) is 5.91 Å². The molecule has 0 saturated carbocycles. The first-order valence-corrected chi connectivity index (χ1v) is 7.84. The van der Waals surface area contributed by atoms with Crippen LogP contribution in [-0.4, -0.2) is 31.1 Å². The smallest absolute Gasteiger partial charge is 0.319 e. The minimum Gasteiger partial charge on any atom is -0.456 e. The summed E-state index contributed by atoms with van der Waals surface area (Å²) in [6, 6.07) is 13.7. The zero-order chi connectivity index (χ0) is 18.8. The molecule has 0 aliphatic heterocycles. The number of benzene rings is 2. The number of ether oxygens (including phenoxy) is 1. The van der Waals surface area contributed by atoms with Gasteiger partial charge in [-0.25, -0.2) is 9.18 Å². The van der Waals surface area contributed by atoms with Gasteiger partial charge in [0, 0.05) is 17.9 Å². The molecule has 0 atom stereocenters. The largest absolute Gasteiger partial charge is 0.456 e. The minimum absolute atomic E-state index is 0.0585. The van der Waals surface area contributed by atoms with Crippen LogP contribution in [0.15, 0.2) is 54.6 Å². The molecule has 0 aliphatic rings. The second kappa shape index (κ2) is 9.77. The monoisotopic (exact) mass is 359 g/mol. The highest BCUT2D eigenvalue weighted by Gasteiger charge is 2.09. The summed E-state index contributed by atoms with van der Waals surface area (Å²) in [7, 11) is 0. The second-order valence-corrected chi connectivity index (χ2v) is 5.22. The van der Waals surface area contributed by atoms with E-state index in [1.165, 1.54) is 18.2 Å². The third-order valence-electron chi connectivity index (χ3n) is 3.12. The van der Waals surface area contributed by atoms with Crippen molar-refractivity contribution in [2.24, 2.45) is 0 Å². The van der Waals surface area contributed by atoms with Crippen LogP contribution in [0, 0.1) is 5.82 Å². The van der Waals surface area contributed by atoms with Crippen LogP contribution in [0.4, 0.5) is 20.6 Å². The van der Waals surface area contributed by atoms with Gasteiger partial charge >= 0.3 is 12.0 Å². The van der Waals surface area contributed by atoms with E-state index >= 15 is 0 Å². The van der Waals surface area contributed by atoms with Gasteiger partial charge < -0.3 is 20.7 Å². The summed E-state index contributed by atoms with van der Waals surface area (Å²) >= 11 is 0. The summed E-state index contributed by atoms with van der Waals surface area (Å²) in [5, 5.41) is 7.51. The van der Waals surface area contributed by atoms with Crippen LogP contribution in [0.1, 0.15) is 6.42 Å². The van der Waals surface area contributed by atoms with Gasteiger partial charge in [0.05, 0.1) is 6.42 Å². The molecule has 8 heteroatoms. The number of para-hydroxylation sites is 1. The van der Waals surface area contributed by atoms with Crippen molar-refractivity contribution < 1.29 is 23.5 Å². The van der Waals surface area contributed by atoms with E-state index in [-0.39, 0.29) is 18.7 Å². The first-order chi connectivity index (χ1) is 12.5. The fourth-order valence-corrected chi connectivity index (χ4v) is 1.96. The maximum Gasteiger partial charge on any atom is 0.319 e. The number of rotatable bonds is 7. The summed E-state index contributed by atoms with van der Waals surface area (Å²) in [5.41, 5.74) is 0.895. The molecule has 0 aliphatic carbocycles. The molecule has 0 radical (unpaired) electrons. The number of carbonyl (C=O) groups is 3. The van der Waals surface area contributed by atoms with Gasteiger partial charge in [-0.05, 0) is 30.3 Å². The lowest BCUT2D eigenvalue weighted by atomic mass is 10.3. The van der Waals surface area contributed by atoms with E-state index in [1.54, 1.807) is 24.3 Å². The van der Waals surface area contributed by atoms with Gasteiger partial charge in [-0.1, -0.05) is 24.3 Å². The molecule has 0 saturated heterocycles. The Balaban J connectivity index is 1.61. The van der Waals surface area contributed by atoms with Gasteiger partial charge in [-0.15, -0.1) is 0 Å². The van der Waals surface area contributed by atoms with Crippen molar-refractivity contribution in [1.29, 1.82) is 0 Å². The predicted molar refractivity (Wildman–Crippen MR) is 94.1 cm³/mol. The standard InChI is InChI=1S/C18H18FN3O4/c19-13-5-4-8-15(11-13)21-16(23)12-26-17(24)9-10-20-18(25)22-14-6-2-1-3-7-14/h1-8,11H,9-10,12H2,(H,21,23)(H2,20,22,25). The molecule has 2 aromatic carbocycles. The number of anilines is 2. The van der Waals surface area contributed by atoms with E-state index in [1.807, 2.05) is 6.07 Å². The van der Waals surface area contributed by atoms with Crippen molar-refractivity contribution >= 4 is 29.3 Å². The van der Waals surface area contributed by atoms with E-state index < -0.39 is 30.3 Å². The Kier molecular flexibility index (Phi) is 7.11. The molecule has 2 aromatic rings. The molecule has 0 aromatic heterocycles. The number of esters is 1. The average Bonchev–Trinajstić information content (AvgIpc) is 2.61. The number of amides is 3. The number of hydrogen-bond acceptors (Lipinski definition) is 4. The van der Waals surface area contributed by atoms with Crippen LogP contribution in [0.25, 0.3) is 0 Å².